The summed E-state index contributed by atoms with van der Waals surface area (Å²) in [7, 11) is 0. The van der Waals surface area contributed by atoms with Crippen LogP contribution in [0.4, 0.5) is 16.2 Å². The van der Waals surface area contributed by atoms with Crippen molar-refractivity contribution in [3.8, 4) is 0 Å². The summed E-state index contributed by atoms with van der Waals surface area (Å²) < 4.78 is 15.0. The van der Waals surface area contributed by atoms with E-state index < -0.39 is 51.2 Å². The Morgan fingerprint density at radius 2 is 1.55 bits per heavy atom. The maximum absolute atomic E-state index is 12.7. The first-order valence-electron chi connectivity index (χ1n) is 10.8. The minimum Gasteiger partial charge on any atom is -0.430 e. The number of hydrogen-bond donors (Lipinski definition) is 0. The Labute approximate surface area is 217 Å². The van der Waals surface area contributed by atoms with Gasteiger partial charge in [0.25, 0.3) is 11.4 Å². The molecule has 1 saturated heterocycles. The smallest absolute Gasteiger partial charge is 0.430 e. The Morgan fingerprint density at radius 1 is 0.974 bits per heavy atom. The lowest BCUT2D eigenvalue weighted by Gasteiger charge is -2.44. The first-order chi connectivity index (χ1) is 18.1. The fourth-order valence-electron chi connectivity index (χ4n) is 3.69. The average Bonchev–Trinajstić information content (AvgIpc) is 3.27. The van der Waals surface area contributed by atoms with Gasteiger partial charge in [0, 0.05) is 29.7 Å². The van der Waals surface area contributed by atoms with Crippen LogP contribution in [-0.4, -0.2) is 50.2 Å². The first-order valence-corrected chi connectivity index (χ1v) is 11.8. The number of benzene rings is 2. The lowest BCUT2D eigenvalue weighted by Crippen LogP contribution is -2.61. The van der Waals surface area contributed by atoms with Crippen LogP contribution in [0.1, 0.15) is 22.8 Å². The standard InChI is InChI=1S/C23H17N3O11S/c1-12(36-23(30)35-10-13-2-6-15(7-3-13)25(31)32)18-19(27)24-17(11-38-20(18)24)22(29)37-21(28)14-4-8-16(9-5-14)26(33)34/h2-9,11-12,18,20H,10H2,1H3/t12-,18+,20-/m1/s1. The number of thioether (sulfide) groups is 1. The molecule has 0 unspecified atom stereocenters. The highest BCUT2D eigenvalue weighted by atomic mass is 32.2. The molecule has 0 spiro atoms. The van der Waals surface area contributed by atoms with Gasteiger partial charge in [0.05, 0.1) is 15.4 Å². The monoisotopic (exact) mass is 543 g/mol. The van der Waals surface area contributed by atoms with Gasteiger partial charge in [-0.2, -0.15) is 0 Å². The number of ether oxygens (including phenoxy) is 3. The summed E-state index contributed by atoms with van der Waals surface area (Å²) in [6.07, 6.45) is -1.96. The van der Waals surface area contributed by atoms with Gasteiger partial charge in [0.2, 0.25) is 5.91 Å². The molecule has 2 aromatic rings. The predicted molar refractivity (Wildman–Crippen MR) is 127 cm³/mol. The fraction of sp³-hybridized carbons (Fsp3) is 0.217. The predicted octanol–water partition coefficient (Wildman–Crippen LogP) is 3.30. The van der Waals surface area contributed by atoms with E-state index in [1.165, 1.54) is 36.6 Å². The van der Waals surface area contributed by atoms with Crippen molar-refractivity contribution in [2.75, 3.05) is 0 Å². The second-order valence-corrected chi connectivity index (χ2v) is 9.02. The lowest BCUT2D eigenvalue weighted by atomic mass is 9.92. The number of fused-ring (bicyclic) bond motifs is 1. The van der Waals surface area contributed by atoms with Crippen LogP contribution < -0.4 is 0 Å². The molecule has 2 aromatic carbocycles. The Morgan fingerprint density at radius 3 is 2.13 bits per heavy atom. The summed E-state index contributed by atoms with van der Waals surface area (Å²) in [5.74, 6) is -3.44. The van der Waals surface area contributed by atoms with Crippen LogP contribution in [0.5, 0.6) is 0 Å². The molecule has 196 valence electrons. The summed E-state index contributed by atoms with van der Waals surface area (Å²) in [4.78, 5) is 70.9. The van der Waals surface area contributed by atoms with Gasteiger partial charge in [-0.15, -0.1) is 11.8 Å². The molecular formula is C23H17N3O11S. The van der Waals surface area contributed by atoms with Crippen molar-refractivity contribution in [1.29, 1.82) is 0 Å². The molecule has 1 amide bonds. The second kappa shape index (κ2) is 10.7. The Hall–Kier alpha value is -4.79. The zero-order valence-electron chi connectivity index (χ0n) is 19.4. The fourth-order valence-corrected chi connectivity index (χ4v) is 5.01. The van der Waals surface area contributed by atoms with E-state index in [0.29, 0.717) is 5.56 Å². The number of amides is 1. The van der Waals surface area contributed by atoms with Crippen molar-refractivity contribution in [2.45, 2.75) is 25.0 Å². The molecule has 0 N–H and O–H groups in total. The van der Waals surface area contributed by atoms with E-state index in [1.54, 1.807) is 0 Å². The number of β-lactam (4-membered cyclic amide) rings is 1. The zero-order valence-corrected chi connectivity index (χ0v) is 20.2. The van der Waals surface area contributed by atoms with Crippen LogP contribution in [0, 0.1) is 26.1 Å². The summed E-state index contributed by atoms with van der Waals surface area (Å²) in [6.45, 7) is 1.29. The van der Waals surface area contributed by atoms with E-state index in [0.717, 1.165) is 40.9 Å². The Bertz CT molecular complexity index is 1360. The molecule has 2 aliphatic heterocycles. The minimum atomic E-state index is -1.08. The van der Waals surface area contributed by atoms with Crippen molar-refractivity contribution in [2.24, 2.45) is 5.92 Å². The SMILES string of the molecule is C[C@@H](OC(=O)OCc1ccc([N+](=O)[O-])cc1)[C@H]1C(=O)N2C(C(=O)OC(=O)c3ccc([N+](=O)[O-])cc3)=CS[C@H]12. The minimum absolute atomic E-state index is 0.0891. The van der Waals surface area contributed by atoms with Crippen molar-refractivity contribution >= 4 is 47.1 Å². The third kappa shape index (κ3) is 5.31. The number of nitro groups is 2. The molecule has 3 atom stereocenters. The summed E-state index contributed by atoms with van der Waals surface area (Å²) in [5.41, 5.74) is -0.111. The normalized spacial score (nSPS) is 18.4. The maximum Gasteiger partial charge on any atom is 0.508 e. The van der Waals surface area contributed by atoms with Crippen LogP contribution in [0.3, 0.4) is 0 Å². The molecular weight excluding hydrogens is 526 g/mol. The molecule has 0 saturated carbocycles. The average molecular weight is 543 g/mol. The second-order valence-electron chi connectivity index (χ2n) is 8.03. The molecule has 4 rings (SSSR count). The number of carbonyl (C=O) groups excluding carboxylic acids is 4. The number of non-ortho nitro benzene ring substituents is 2. The molecule has 1 fully saturated rings. The Kier molecular flexibility index (Phi) is 7.38. The van der Waals surface area contributed by atoms with Crippen LogP contribution >= 0.6 is 11.8 Å². The quantitative estimate of drug-likeness (QED) is 0.156. The van der Waals surface area contributed by atoms with Gasteiger partial charge < -0.3 is 14.2 Å². The van der Waals surface area contributed by atoms with Gasteiger partial charge in [-0.1, -0.05) is 0 Å². The zero-order chi connectivity index (χ0) is 27.6. The van der Waals surface area contributed by atoms with Crippen molar-refractivity contribution in [3.63, 3.8) is 0 Å². The van der Waals surface area contributed by atoms with Gasteiger partial charge >= 0.3 is 18.1 Å². The maximum atomic E-state index is 12.7. The van der Waals surface area contributed by atoms with Crippen LogP contribution in [0.2, 0.25) is 0 Å². The van der Waals surface area contributed by atoms with E-state index in [4.69, 9.17) is 14.2 Å². The largest absolute Gasteiger partial charge is 0.508 e. The Balaban J connectivity index is 1.27. The molecule has 2 aliphatic rings. The van der Waals surface area contributed by atoms with E-state index in [1.807, 2.05) is 0 Å². The number of nitrogens with zero attached hydrogens (tertiary/aromatic N) is 3. The topological polar surface area (TPSA) is 185 Å². The third-order valence-electron chi connectivity index (χ3n) is 5.66. The van der Waals surface area contributed by atoms with Gasteiger partial charge in [0.1, 0.15) is 29.7 Å². The number of esters is 2. The van der Waals surface area contributed by atoms with Gasteiger partial charge in [-0.05, 0) is 36.8 Å². The molecule has 14 nitrogen and oxygen atoms in total. The van der Waals surface area contributed by atoms with Crippen LogP contribution in [-0.2, 0) is 30.4 Å². The molecule has 15 heteroatoms. The third-order valence-corrected chi connectivity index (χ3v) is 6.81. The highest BCUT2D eigenvalue weighted by Gasteiger charge is 2.57. The number of nitro benzene ring substituents is 2. The molecule has 2 heterocycles. The summed E-state index contributed by atoms with van der Waals surface area (Å²) in [5, 5.41) is 22.2. The number of hydrogen-bond acceptors (Lipinski definition) is 12. The summed E-state index contributed by atoms with van der Waals surface area (Å²) >= 11 is 1.11. The molecule has 0 bridgehead atoms. The highest BCUT2D eigenvalue weighted by molar-refractivity contribution is 8.03. The van der Waals surface area contributed by atoms with Gasteiger partial charge in [-0.3, -0.25) is 29.9 Å². The van der Waals surface area contributed by atoms with E-state index in [-0.39, 0.29) is 29.2 Å². The van der Waals surface area contributed by atoms with Crippen molar-refractivity contribution < 1.29 is 43.2 Å². The van der Waals surface area contributed by atoms with Crippen LogP contribution in [0.25, 0.3) is 0 Å². The van der Waals surface area contributed by atoms with Gasteiger partial charge in [0.15, 0.2) is 0 Å². The number of rotatable bonds is 8. The van der Waals surface area contributed by atoms with Crippen molar-refractivity contribution in [1.82, 2.24) is 4.90 Å². The van der Waals surface area contributed by atoms with Gasteiger partial charge in [-0.25, -0.2) is 14.4 Å². The number of carbonyl (C=O) groups is 4. The van der Waals surface area contributed by atoms with Crippen molar-refractivity contribution in [3.05, 3.63) is 91.0 Å². The summed E-state index contributed by atoms with van der Waals surface area (Å²) in [6, 6.07) is 9.83. The van der Waals surface area contributed by atoms with Crippen LogP contribution in [0.15, 0.2) is 59.6 Å². The first kappa shape index (κ1) is 26.3. The lowest BCUT2D eigenvalue weighted by molar-refractivity contribution is -0.385. The van der Waals surface area contributed by atoms with E-state index in [9.17, 15) is 39.4 Å². The molecule has 0 aliphatic carbocycles. The molecule has 0 aromatic heterocycles. The van der Waals surface area contributed by atoms with E-state index >= 15 is 0 Å². The molecule has 0 radical (unpaired) electrons. The highest BCUT2D eigenvalue weighted by Crippen LogP contribution is 2.47. The van der Waals surface area contributed by atoms with E-state index in [2.05, 4.69) is 0 Å². The molecule has 38 heavy (non-hydrogen) atoms.